The van der Waals surface area contributed by atoms with Gasteiger partial charge in [0.15, 0.2) is 6.61 Å². The third-order valence-corrected chi connectivity index (χ3v) is 5.44. The van der Waals surface area contributed by atoms with Crippen LogP contribution in [0.25, 0.3) is 0 Å². The number of hydrogen-bond donors (Lipinski definition) is 0. The van der Waals surface area contributed by atoms with Crippen LogP contribution in [0.2, 0.25) is 0 Å². The number of ether oxygens (including phenoxy) is 2. The van der Waals surface area contributed by atoms with E-state index < -0.39 is 36.0 Å². The molecule has 0 aliphatic heterocycles. The van der Waals surface area contributed by atoms with E-state index in [4.69, 9.17) is 9.47 Å². The van der Waals surface area contributed by atoms with Crippen molar-refractivity contribution in [3.8, 4) is 0 Å². The van der Waals surface area contributed by atoms with E-state index in [0.29, 0.717) is 24.8 Å². The maximum atomic E-state index is 12.4. The molecule has 2 atom stereocenters. The number of rotatable bonds is 5. The van der Waals surface area contributed by atoms with E-state index >= 15 is 0 Å². The molecule has 23 heavy (non-hydrogen) atoms. The Kier molecular flexibility index (Phi) is 3.97. The second-order valence-corrected chi connectivity index (χ2v) is 7.58. The van der Waals surface area contributed by atoms with Crippen molar-refractivity contribution in [3.05, 3.63) is 12.2 Å². The monoisotopic (exact) mass is 328 g/mol. The maximum absolute atomic E-state index is 12.4. The molecule has 0 N–H and O–H groups in total. The Labute approximate surface area is 134 Å². The molecule has 128 valence electrons. The van der Waals surface area contributed by atoms with Gasteiger partial charge in [0, 0.05) is 12.0 Å². The Morgan fingerprint density at radius 2 is 1.83 bits per heavy atom. The van der Waals surface area contributed by atoms with Crippen molar-refractivity contribution in [2.75, 3.05) is 6.61 Å². The Bertz CT molecular complexity index is 529. The first-order valence-corrected chi connectivity index (χ1v) is 8.08. The number of alkyl halides is 2. The van der Waals surface area contributed by atoms with E-state index in [1.54, 1.807) is 6.92 Å². The van der Waals surface area contributed by atoms with Crippen LogP contribution in [0.15, 0.2) is 12.2 Å². The molecule has 4 aliphatic rings. The molecule has 4 aliphatic carbocycles. The van der Waals surface area contributed by atoms with E-state index in [2.05, 4.69) is 6.58 Å². The van der Waals surface area contributed by atoms with Gasteiger partial charge in [-0.1, -0.05) is 6.58 Å². The smallest absolute Gasteiger partial charge is 0.333 e. The van der Waals surface area contributed by atoms with Crippen LogP contribution >= 0.6 is 0 Å². The molecular weight excluding hydrogens is 306 g/mol. The van der Waals surface area contributed by atoms with Gasteiger partial charge in [-0.25, -0.2) is 13.6 Å². The van der Waals surface area contributed by atoms with Gasteiger partial charge in [-0.2, -0.15) is 0 Å². The molecule has 0 aromatic heterocycles. The quantitative estimate of drug-likeness (QED) is 0.574. The molecule has 4 fully saturated rings. The van der Waals surface area contributed by atoms with E-state index in [0.717, 1.165) is 19.3 Å². The Balaban J connectivity index is 1.80. The second kappa shape index (κ2) is 5.56. The SMILES string of the molecule is C=C(C)C(=O)OC12CC3CC(C1)CC(C(=O)OCC(F)F)(C3)C2. The average Bonchev–Trinajstić information content (AvgIpc) is 2.42. The van der Waals surface area contributed by atoms with Gasteiger partial charge >= 0.3 is 11.9 Å². The summed E-state index contributed by atoms with van der Waals surface area (Å²) in [7, 11) is 0. The number of esters is 2. The van der Waals surface area contributed by atoms with Crippen molar-refractivity contribution >= 4 is 11.9 Å². The van der Waals surface area contributed by atoms with E-state index in [1.165, 1.54) is 0 Å². The van der Waals surface area contributed by atoms with Gasteiger partial charge in [0.1, 0.15) is 5.60 Å². The van der Waals surface area contributed by atoms with Crippen molar-refractivity contribution < 1.29 is 27.8 Å². The maximum Gasteiger partial charge on any atom is 0.333 e. The van der Waals surface area contributed by atoms with Crippen LogP contribution in [0.5, 0.6) is 0 Å². The first-order valence-electron chi connectivity index (χ1n) is 8.08. The van der Waals surface area contributed by atoms with Crippen molar-refractivity contribution in [2.45, 2.75) is 57.5 Å². The van der Waals surface area contributed by atoms with Crippen LogP contribution in [0.3, 0.4) is 0 Å². The minimum Gasteiger partial charge on any atom is -0.459 e. The first-order chi connectivity index (χ1) is 10.7. The number of carbonyl (C=O) groups excluding carboxylic acids is 2. The summed E-state index contributed by atoms with van der Waals surface area (Å²) in [5.74, 6) is -0.424. The molecule has 0 heterocycles. The lowest BCUT2D eigenvalue weighted by molar-refractivity contribution is -0.211. The molecule has 6 heteroatoms. The van der Waals surface area contributed by atoms with Crippen LogP contribution < -0.4 is 0 Å². The van der Waals surface area contributed by atoms with Gasteiger partial charge in [-0.3, -0.25) is 4.79 Å². The molecule has 0 amide bonds. The molecule has 0 radical (unpaired) electrons. The third-order valence-electron chi connectivity index (χ3n) is 5.44. The summed E-state index contributed by atoms with van der Waals surface area (Å²) < 4.78 is 35.3. The fourth-order valence-electron chi connectivity index (χ4n) is 5.11. The highest BCUT2D eigenvalue weighted by Gasteiger charge is 2.63. The van der Waals surface area contributed by atoms with Crippen LogP contribution in [-0.4, -0.2) is 30.6 Å². The zero-order chi connectivity index (χ0) is 16.8. The summed E-state index contributed by atoms with van der Waals surface area (Å²) in [6.07, 6.45) is 1.52. The standard InChI is InChI=1S/C17H22F2O4/c1-10(2)14(20)23-17-6-11-3-12(7-17)5-16(4-11,9-17)15(21)22-8-13(18)19/h11-13H,1,3-9H2,2H3. The third kappa shape index (κ3) is 3.00. The Hall–Kier alpha value is -1.46. The lowest BCUT2D eigenvalue weighted by atomic mass is 9.48. The fraction of sp³-hybridized carbons (Fsp3) is 0.765. The van der Waals surface area contributed by atoms with Gasteiger partial charge in [-0.15, -0.1) is 0 Å². The minimum atomic E-state index is -2.66. The van der Waals surface area contributed by atoms with E-state index in [9.17, 15) is 18.4 Å². The van der Waals surface area contributed by atoms with Gasteiger partial charge in [0.05, 0.1) is 5.41 Å². The van der Waals surface area contributed by atoms with Crippen LogP contribution in [0.1, 0.15) is 45.4 Å². The molecule has 0 aromatic carbocycles. The summed E-state index contributed by atoms with van der Waals surface area (Å²) in [6, 6.07) is 0. The van der Waals surface area contributed by atoms with Gasteiger partial charge in [0.2, 0.25) is 0 Å². The van der Waals surface area contributed by atoms with Crippen LogP contribution in [0.4, 0.5) is 8.78 Å². The van der Waals surface area contributed by atoms with Crippen molar-refractivity contribution in [1.29, 1.82) is 0 Å². The largest absolute Gasteiger partial charge is 0.459 e. The molecule has 4 bridgehead atoms. The van der Waals surface area contributed by atoms with Crippen molar-refractivity contribution in [3.63, 3.8) is 0 Å². The summed E-state index contributed by atoms with van der Waals surface area (Å²) in [5.41, 5.74) is -1.10. The molecular formula is C17H22F2O4. The molecule has 0 saturated heterocycles. The van der Waals surface area contributed by atoms with Gasteiger partial charge < -0.3 is 9.47 Å². The first kappa shape index (κ1) is 16.4. The number of hydrogen-bond acceptors (Lipinski definition) is 4. The minimum absolute atomic E-state index is 0.285. The van der Waals surface area contributed by atoms with Crippen molar-refractivity contribution in [2.24, 2.45) is 17.3 Å². The molecule has 0 spiro atoms. The van der Waals surface area contributed by atoms with Gasteiger partial charge in [0.25, 0.3) is 6.43 Å². The highest BCUT2D eigenvalue weighted by molar-refractivity contribution is 5.87. The highest BCUT2D eigenvalue weighted by atomic mass is 19.3. The Morgan fingerprint density at radius 1 is 1.22 bits per heavy atom. The molecule has 0 aromatic rings. The summed E-state index contributed by atoms with van der Waals surface area (Å²) >= 11 is 0. The molecule has 4 saturated carbocycles. The van der Waals surface area contributed by atoms with Crippen LogP contribution in [-0.2, 0) is 19.1 Å². The lowest BCUT2D eigenvalue weighted by Crippen LogP contribution is -2.60. The molecule has 4 rings (SSSR count). The molecule has 2 unspecified atom stereocenters. The van der Waals surface area contributed by atoms with E-state index in [1.807, 2.05) is 0 Å². The number of halogens is 2. The summed E-state index contributed by atoms with van der Waals surface area (Å²) in [5, 5.41) is 0. The predicted molar refractivity (Wildman–Crippen MR) is 77.7 cm³/mol. The zero-order valence-corrected chi connectivity index (χ0v) is 13.3. The summed E-state index contributed by atoms with van der Waals surface area (Å²) in [4.78, 5) is 24.4. The molecule has 4 nitrogen and oxygen atoms in total. The van der Waals surface area contributed by atoms with Crippen LogP contribution in [0, 0.1) is 17.3 Å². The topological polar surface area (TPSA) is 52.6 Å². The fourth-order valence-corrected chi connectivity index (χ4v) is 5.11. The van der Waals surface area contributed by atoms with E-state index in [-0.39, 0.29) is 11.8 Å². The summed E-state index contributed by atoms with van der Waals surface area (Å²) in [6.45, 7) is 4.33. The normalized spacial score (nSPS) is 37.7. The zero-order valence-electron chi connectivity index (χ0n) is 13.3. The highest BCUT2D eigenvalue weighted by Crippen LogP contribution is 2.63. The Morgan fingerprint density at radius 3 is 2.35 bits per heavy atom. The second-order valence-electron chi connectivity index (χ2n) is 7.58. The van der Waals surface area contributed by atoms with Gasteiger partial charge in [-0.05, 0) is 50.9 Å². The van der Waals surface area contributed by atoms with Crippen molar-refractivity contribution in [1.82, 2.24) is 0 Å². The number of carbonyl (C=O) groups is 2. The predicted octanol–water partition coefficient (Wildman–Crippen LogP) is 3.25. The lowest BCUT2D eigenvalue weighted by Gasteiger charge is -2.59. The average molecular weight is 328 g/mol.